The van der Waals surface area contributed by atoms with Gasteiger partial charge in [-0.2, -0.15) is 0 Å². The molecular formula is C17H19BrN2S. The van der Waals surface area contributed by atoms with Crippen LogP contribution in [-0.4, -0.2) is 35.8 Å². The predicted octanol–water partition coefficient (Wildman–Crippen LogP) is 4.55. The first kappa shape index (κ1) is 13.9. The molecule has 2 atom stereocenters. The van der Waals surface area contributed by atoms with E-state index in [-0.39, 0.29) is 0 Å². The van der Waals surface area contributed by atoms with Gasteiger partial charge in [0.25, 0.3) is 0 Å². The highest BCUT2D eigenvalue weighted by Crippen LogP contribution is 2.45. The molecule has 0 fully saturated rings. The van der Waals surface area contributed by atoms with Crippen LogP contribution in [0.1, 0.15) is 24.0 Å². The molecule has 0 bridgehead atoms. The summed E-state index contributed by atoms with van der Waals surface area (Å²) in [6, 6.07) is 5.12. The zero-order chi connectivity index (χ0) is 14.7. The first-order chi connectivity index (χ1) is 10.1. The molecule has 2 aromatic rings. The van der Waals surface area contributed by atoms with Crippen LogP contribution < -0.4 is 0 Å². The lowest BCUT2D eigenvalue weighted by Gasteiger charge is -2.41. The number of hydrogen-bond acceptors (Lipinski definition) is 2. The molecule has 2 aliphatic rings. The van der Waals surface area contributed by atoms with Gasteiger partial charge >= 0.3 is 0 Å². The molecule has 1 aromatic heterocycles. The van der Waals surface area contributed by atoms with Crippen molar-refractivity contribution in [3.63, 3.8) is 0 Å². The Kier molecular flexibility index (Phi) is 3.25. The Labute approximate surface area is 138 Å². The van der Waals surface area contributed by atoms with Crippen LogP contribution in [0.2, 0.25) is 0 Å². The molecule has 21 heavy (non-hydrogen) atoms. The van der Waals surface area contributed by atoms with Crippen LogP contribution in [0.5, 0.6) is 0 Å². The molecule has 4 rings (SSSR count). The summed E-state index contributed by atoms with van der Waals surface area (Å²) in [6.45, 7) is 3.34. The largest absolute Gasteiger partial charge is 0.349 e. The molecule has 1 aliphatic heterocycles. The minimum Gasteiger partial charge on any atom is -0.349 e. The Morgan fingerprint density at radius 2 is 2.19 bits per heavy atom. The van der Waals surface area contributed by atoms with Gasteiger partial charge in [-0.25, -0.2) is 0 Å². The van der Waals surface area contributed by atoms with Crippen LogP contribution in [0, 0.1) is 0 Å². The van der Waals surface area contributed by atoms with Crippen molar-refractivity contribution >= 4 is 38.6 Å². The van der Waals surface area contributed by atoms with Crippen LogP contribution in [0.4, 0.5) is 0 Å². The van der Waals surface area contributed by atoms with Gasteiger partial charge in [0, 0.05) is 33.9 Å². The normalized spacial score (nSPS) is 25.0. The number of hydrogen-bond donors (Lipinski definition) is 1. The summed E-state index contributed by atoms with van der Waals surface area (Å²) in [4.78, 5) is 6.14. The topological polar surface area (TPSA) is 19.0 Å². The number of benzene rings is 1. The number of nitrogens with one attached hydrogen (secondary N) is 1. The number of nitrogens with zero attached hydrogens (tertiary/aromatic N) is 1. The number of rotatable bonds is 1. The second-order valence-corrected chi connectivity index (χ2v) is 8.01. The fourth-order valence-electron chi connectivity index (χ4n) is 4.05. The number of halogens is 1. The zero-order valence-electron chi connectivity index (χ0n) is 12.5. The van der Waals surface area contributed by atoms with Gasteiger partial charge in [0.05, 0.1) is 5.03 Å². The summed E-state index contributed by atoms with van der Waals surface area (Å²) in [7, 11) is 2.26. The third-order valence-electron chi connectivity index (χ3n) is 4.88. The molecule has 2 nitrogen and oxygen atoms in total. The van der Waals surface area contributed by atoms with Crippen LogP contribution in [0.15, 0.2) is 33.3 Å². The molecular weight excluding hydrogens is 344 g/mol. The van der Waals surface area contributed by atoms with E-state index in [1.807, 2.05) is 11.8 Å². The number of aromatic nitrogens is 1. The van der Waals surface area contributed by atoms with Crippen molar-refractivity contribution in [3.05, 3.63) is 39.4 Å². The van der Waals surface area contributed by atoms with Crippen molar-refractivity contribution in [3.8, 4) is 0 Å². The number of thioether (sulfide) groups is 1. The molecule has 0 spiro atoms. The Balaban J connectivity index is 2.03. The minimum atomic E-state index is 0.516. The minimum absolute atomic E-state index is 0.516. The predicted molar refractivity (Wildman–Crippen MR) is 94.4 cm³/mol. The molecule has 0 unspecified atom stereocenters. The summed E-state index contributed by atoms with van der Waals surface area (Å²) in [5.41, 5.74) is 5.75. The molecule has 0 saturated carbocycles. The molecule has 4 heteroatoms. The van der Waals surface area contributed by atoms with Crippen molar-refractivity contribution in [1.29, 1.82) is 0 Å². The van der Waals surface area contributed by atoms with E-state index in [4.69, 9.17) is 0 Å². The fourth-order valence-corrected chi connectivity index (χ4v) is 5.17. The Morgan fingerprint density at radius 1 is 1.38 bits per heavy atom. The lowest BCUT2D eigenvalue weighted by atomic mass is 9.77. The molecule has 110 valence electrons. The van der Waals surface area contributed by atoms with Crippen LogP contribution >= 0.6 is 27.7 Å². The third-order valence-corrected chi connectivity index (χ3v) is 6.09. The van der Waals surface area contributed by atoms with Gasteiger partial charge < -0.3 is 4.98 Å². The number of aromatic amines is 1. The van der Waals surface area contributed by atoms with Gasteiger partial charge in [-0.05, 0) is 49.9 Å². The first-order valence-electron chi connectivity index (χ1n) is 7.34. The third kappa shape index (κ3) is 2.03. The summed E-state index contributed by atoms with van der Waals surface area (Å²) in [6.07, 6.45) is 5.80. The van der Waals surface area contributed by atoms with E-state index >= 15 is 0 Å². The van der Waals surface area contributed by atoms with E-state index in [1.54, 1.807) is 0 Å². The molecule has 0 radical (unpaired) electrons. The van der Waals surface area contributed by atoms with Crippen LogP contribution in [0.25, 0.3) is 10.9 Å². The molecule has 1 N–H and O–H groups in total. The quantitative estimate of drug-likeness (QED) is 0.592. The van der Waals surface area contributed by atoms with Crippen molar-refractivity contribution in [1.82, 2.24) is 9.88 Å². The highest BCUT2D eigenvalue weighted by Gasteiger charge is 2.36. The van der Waals surface area contributed by atoms with E-state index in [9.17, 15) is 0 Å². The van der Waals surface area contributed by atoms with Gasteiger partial charge in [0.1, 0.15) is 0 Å². The Hall–Kier alpha value is -0.710. The Bertz CT molecular complexity index is 762. The van der Waals surface area contributed by atoms with Crippen LogP contribution in [-0.2, 0) is 6.42 Å². The average molecular weight is 363 g/mol. The average Bonchev–Trinajstić information content (AvgIpc) is 2.78. The van der Waals surface area contributed by atoms with Gasteiger partial charge in [-0.3, -0.25) is 4.90 Å². The van der Waals surface area contributed by atoms with Crippen molar-refractivity contribution < 1.29 is 0 Å². The SMILES string of the molecule is CSc1[nH]c2cc(Br)cc3c2c1C[C@@H]1[C@@H]3C=C(C)CN1C. The van der Waals surface area contributed by atoms with Gasteiger partial charge in [0.15, 0.2) is 0 Å². The summed E-state index contributed by atoms with van der Waals surface area (Å²) >= 11 is 5.52. The standard InChI is InChI=1S/C17H19BrN2S/c1-9-4-11-12-5-10(18)6-14-16(12)13(17(19-14)21-3)7-15(11)20(2)8-9/h4-6,11,15,19H,7-8H2,1-3H3/t11-,15-/m1/s1. The summed E-state index contributed by atoms with van der Waals surface area (Å²) < 4.78 is 1.17. The lowest BCUT2D eigenvalue weighted by Crippen LogP contribution is -2.43. The van der Waals surface area contributed by atoms with E-state index in [1.165, 1.54) is 37.1 Å². The molecule has 0 amide bonds. The van der Waals surface area contributed by atoms with E-state index in [0.29, 0.717) is 12.0 Å². The number of fused-ring (bicyclic) bond motifs is 2. The van der Waals surface area contributed by atoms with Crippen molar-refractivity contribution in [2.45, 2.75) is 30.3 Å². The van der Waals surface area contributed by atoms with Gasteiger partial charge in [-0.15, -0.1) is 11.8 Å². The Morgan fingerprint density at radius 3 is 2.95 bits per heavy atom. The highest BCUT2D eigenvalue weighted by atomic mass is 79.9. The summed E-state index contributed by atoms with van der Waals surface area (Å²) in [5.74, 6) is 0.516. The van der Waals surface area contributed by atoms with Crippen LogP contribution in [0.3, 0.4) is 0 Å². The van der Waals surface area contributed by atoms with Crippen molar-refractivity contribution in [2.75, 3.05) is 19.8 Å². The highest BCUT2D eigenvalue weighted by molar-refractivity contribution is 9.10. The second kappa shape index (κ2) is 4.90. The molecule has 1 aliphatic carbocycles. The maximum atomic E-state index is 3.69. The number of likely N-dealkylation sites (N-methyl/N-ethyl adjacent to an activating group) is 1. The van der Waals surface area contributed by atoms with Crippen molar-refractivity contribution in [2.24, 2.45) is 0 Å². The van der Waals surface area contributed by atoms with E-state index < -0.39 is 0 Å². The maximum Gasteiger partial charge on any atom is 0.0763 e. The zero-order valence-corrected chi connectivity index (χ0v) is 14.9. The monoisotopic (exact) mass is 362 g/mol. The molecule has 0 saturated heterocycles. The van der Waals surface area contributed by atoms with E-state index in [0.717, 1.165) is 13.0 Å². The first-order valence-corrected chi connectivity index (χ1v) is 9.35. The van der Waals surface area contributed by atoms with Gasteiger partial charge in [0.2, 0.25) is 0 Å². The molecule has 1 aromatic carbocycles. The summed E-state index contributed by atoms with van der Waals surface area (Å²) in [5, 5.41) is 2.80. The second-order valence-electron chi connectivity index (χ2n) is 6.28. The molecule has 2 heterocycles. The lowest BCUT2D eigenvalue weighted by molar-refractivity contribution is 0.224. The fraction of sp³-hybridized carbons (Fsp3) is 0.412. The maximum absolute atomic E-state index is 3.69. The van der Waals surface area contributed by atoms with Gasteiger partial charge in [-0.1, -0.05) is 27.6 Å². The smallest absolute Gasteiger partial charge is 0.0763 e. The number of H-pyrrole nitrogens is 1. The van der Waals surface area contributed by atoms with E-state index in [2.05, 4.69) is 64.2 Å².